The van der Waals surface area contributed by atoms with Crippen molar-refractivity contribution in [1.82, 2.24) is 14.5 Å². The minimum Gasteiger partial charge on any atom is -0.335 e. The van der Waals surface area contributed by atoms with Gasteiger partial charge in [-0.2, -0.15) is 0 Å². The highest BCUT2D eigenvalue weighted by atomic mass is 35.5. The Morgan fingerprint density at radius 1 is 1.36 bits per heavy atom. The van der Waals surface area contributed by atoms with E-state index in [0.29, 0.717) is 19.0 Å². The van der Waals surface area contributed by atoms with Gasteiger partial charge in [0.1, 0.15) is 5.82 Å². The highest BCUT2D eigenvalue weighted by molar-refractivity contribution is 6.31. The maximum Gasteiger partial charge on any atom is 0.219 e. The van der Waals surface area contributed by atoms with E-state index in [2.05, 4.69) is 18.8 Å². The van der Waals surface area contributed by atoms with Crippen molar-refractivity contribution in [3.63, 3.8) is 0 Å². The van der Waals surface area contributed by atoms with Crippen LogP contribution in [0.15, 0.2) is 36.7 Å². The van der Waals surface area contributed by atoms with Gasteiger partial charge in [-0.1, -0.05) is 43.6 Å². The highest BCUT2D eigenvalue weighted by Gasteiger charge is 2.14. The van der Waals surface area contributed by atoms with E-state index >= 15 is 0 Å². The summed E-state index contributed by atoms with van der Waals surface area (Å²) in [6.45, 7) is 7.71. The summed E-state index contributed by atoms with van der Waals surface area (Å²) in [4.78, 5) is 18.0. The lowest BCUT2D eigenvalue weighted by Gasteiger charge is -2.23. The molecule has 0 unspecified atom stereocenters. The second-order valence-corrected chi connectivity index (χ2v) is 6.26. The molecule has 0 spiro atoms. The Morgan fingerprint density at radius 2 is 2.09 bits per heavy atom. The van der Waals surface area contributed by atoms with Crippen molar-refractivity contribution >= 4 is 17.5 Å². The predicted octanol–water partition coefficient (Wildman–Crippen LogP) is 3.59. The summed E-state index contributed by atoms with van der Waals surface area (Å²) in [7, 11) is 0. The molecule has 118 valence electrons. The number of amides is 1. The Balaban J connectivity index is 2.15. The lowest BCUT2D eigenvalue weighted by molar-refractivity contribution is -0.130. The van der Waals surface area contributed by atoms with E-state index in [1.54, 1.807) is 13.1 Å². The average Bonchev–Trinajstić information content (AvgIpc) is 2.87. The van der Waals surface area contributed by atoms with Gasteiger partial charge in [0.15, 0.2) is 0 Å². The maximum atomic E-state index is 11.8. The molecule has 0 saturated carbocycles. The number of aromatic nitrogens is 2. The molecule has 0 aliphatic rings. The molecule has 0 aliphatic heterocycles. The average molecular weight is 320 g/mol. The van der Waals surface area contributed by atoms with Crippen LogP contribution in [0, 0.1) is 5.92 Å². The number of benzene rings is 1. The van der Waals surface area contributed by atoms with Crippen LogP contribution in [0.5, 0.6) is 0 Å². The number of nitrogens with zero attached hydrogens (tertiary/aromatic N) is 3. The van der Waals surface area contributed by atoms with Crippen molar-refractivity contribution in [1.29, 1.82) is 0 Å². The lowest BCUT2D eigenvalue weighted by atomic mass is 10.2. The molecule has 5 heteroatoms. The van der Waals surface area contributed by atoms with Gasteiger partial charge in [-0.3, -0.25) is 4.79 Å². The van der Waals surface area contributed by atoms with Gasteiger partial charge in [0, 0.05) is 30.9 Å². The summed E-state index contributed by atoms with van der Waals surface area (Å²) in [5.74, 6) is 1.37. The number of carbonyl (C=O) groups is 1. The Kier molecular flexibility index (Phi) is 5.61. The molecule has 4 nitrogen and oxygen atoms in total. The largest absolute Gasteiger partial charge is 0.335 e. The second-order valence-electron chi connectivity index (χ2n) is 5.86. The summed E-state index contributed by atoms with van der Waals surface area (Å²) in [6, 6.07) is 7.77. The molecular formula is C17H22ClN3O. The summed E-state index contributed by atoms with van der Waals surface area (Å²) in [5.41, 5.74) is 1.04. The molecule has 22 heavy (non-hydrogen) atoms. The van der Waals surface area contributed by atoms with Crippen molar-refractivity contribution in [2.45, 2.75) is 33.9 Å². The molecule has 1 aromatic carbocycles. The summed E-state index contributed by atoms with van der Waals surface area (Å²) in [5, 5.41) is 0.743. The van der Waals surface area contributed by atoms with Crippen molar-refractivity contribution in [2.75, 3.05) is 6.54 Å². The molecule has 0 saturated heterocycles. The number of carbonyl (C=O) groups excluding carboxylic acids is 1. The van der Waals surface area contributed by atoms with Gasteiger partial charge in [0.2, 0.25) is 5.91 Å². The van der Waals surface area contributed by atoms with Crippen LogP contribution >= 0.6 is 11.6 Å². The lowest BCUT2D eigenvalue weighted by Crippen LogP contribution is -2.32. The minimum atomic E-state index is 0.0704. The summed E-state index contributed by atoms with van der Waals surface area (Å²) >= 11 is 6.22. The summed E-state index contributed by atoms with van der Waals surface area (Å²) in [6.07, 6.45) is 3.69. The third-order valence-corrected chi connectivity index (χ3v) is 3.83. The van der Waals surface area contributed by atoms with E-state index < -0.39 is 0 Å². The molecule has 0 bridgehead atoms. The Bertz CT molecular complexity index is 636. The number of hydrogen-bond donors (Lipinski definition) is 0. The van der Waals surface area contributed by atoms with Crippen LogP contribution in [0.4, 0.5) is 0 Å². The van der Waals surface area contributed by atoms with Crippen LogP contribution < -0.4 is 0 Å². The molecule has 1 aromatic heterocycles. The number of halogens is 1. The monoisotopic (exact) mass is 319 g/mol. The van der Waals surface area contributed by atoms with Crippen molar-refractivity contribution in [3.8, 4) is 0 Å². The van der Waals surface area contributed by atoms with Crippen LogP contribution in [0.3, 0.4) is 0 Å². The van der Waals surface area contributed by atoms with E-state index in [9.17, 15) is 4.79 Å². The van der Waals surface area contributed by atoms with E-state index in [-0.39, 0.29) is 5.91 Å². The third-order valence-electron chi connectivity index (χ3n) is 3.46. The molecule has 1 heterocycles. The fourth-order valence-electron chi connectivity index (χ4n) is 2.36. The number of imidazole rings is 1. The van der Waals surface area contributed by atoms with E-state index in [0.717, 1.165) is 23.0 Å². The normalized spacial score (nSPS) is 11.0. The minimum absolute atomic E-state index is 0.0704. The first-order valence-corrected chi connectivity index (χ1v) is 7.84. The molecule has 0 atom stereocenters. The highest BCUT2D eigenvalue weighted by Crippen LogP contribution is 2.17. The predicted molar refractivity (Wildman–Crippen MR) is 88.7 cm³/mol. The molecule has 0 N–H and O–H groups in total. The van der Waals surface area contributed by atoms with E-state index in [4.69, 9.17) is 11.6 Å². The van der Waals surface area contributed by atoms with Crippen LogP contribution in [0.25, 0.3) is 0 Å². The first kappa shape index (κ1) is 16.6. The molecular weight excluding hydrogens is 298 g/mol. The van der Waals surface area contributed by atoms with Crippen molar-refractivity contribution in [2.24, 2.45) is 5.92 Å². The van der Waals surface area contributed by atoms with Crippen molar-refractivity contribution in [3.05, 3.63) is 53.1 Å². The van der Waals surface area contributed by atoms with Crippen LogP contribution in [-0.4, -0.2) is 26.9 Å². The van der Waals surface area contributed by atoms with Gasteiger partial charge < -0.3 is 9.47 Å². The SMILES string of the molecule is CC(=O)N(Cc1nccn1Cc1ccccc1Cl)CC(C)C. The fraction of sp³-hybridized carbons (Fsp3) is 0.412. The Hall–Kier alpha value is -1.81. The molecule has 0 radical (unpaired) electrons. The molecule has 0 aliphatic carbocycles. The zero-order valence-electron chi connectivity index (χ0n) is 13.3. The molecule has 1 amide bonds. The van der Waals surface area contributed by atoms with Crippen LogP contribution in [0.2, 0.25) is 5.02 Å². The standard InChI is InChI=1S/C17H22ClN3O/c1-13(2)10-21(14(3)22)12-17-19-8-9-20(17)11-15-6-4-5-7-16(15)18/h4-9,13H,10-12H2,1-3H3. The van der Waals surface area contributed by atoms with Crippen LogP contribution in [-0.2, 0) is 17.9 Å². The van der Waals surface area contributed by atoms with Gasteiger partial charge in [-0.25, -0.2) is 4.98 Å². The van der Waals surface area contributed by atoms with E-state index in [1.807, 2.05) is 39.9 Å². The second kappa shape index (κ2) is 7.45. The van der Waals surface area contributed by atoms with Gasteiger partial charge in [-0.15, -0.1) is 0 Å². The first-order valence-electron chi connectivity index (χ1n) is 7.46. The zero-order chi connectivity index (χ0) is 16.1. The maximum absolute atomic E-state index is 11.8. The fourth-order valence-corrected chi connectivity index (χ4v) is 2.56. The van der Waals surface area contributed by atoms with Gasteiger partial charge >= 0.3 is 0 Å². The topological polar surface area (TPSA) is 38.1 Å². The number of hydrogen-bond acceptors (Lipinski definition) is 2. The van der Waals surface area contributed by atoms with Crippen molar-refractivity contribution < 1.29 is 4.79 Å². The Morgan fingerprint density at radius 3 is 2.73 bits per heavy atom. The van der Waals surface area contributed by atoms with Gasteiger partial charge in [0.05, 0.1) is 13.1 Å². The molecule has 2 aromatic rings. The van der Waals surface area contributed by atoms with Crippen LogP contribution in [0.1, 0.15) is 32.2 Å². The zero-order valence-corrected chi connectivity index (χ0v) is 14.0. The number of rotatable bonds is 6. The quantitative estimate of drug-likeness (QED) is 0.816. The van der Waals surface area contributed by atoms with Gasteiger partial charge in [-0.05, 0) is 17.5 Å². The smallest absolute Gasteiger partial charge is 0.219 e. The molecule has 0 fully saturated rings. The Labute approximate surface area is 136 Å². The summed E-state index contributed by atoms with van der Waals surface area (Å²) < 4.78 is 2.04. The van der Waals surface area contributed by atoms with E-state index in [1.165, 1.54) is 0 Å². The molecule has 2 rings (SSSR count). The van der Waals surface area contributed by atoms with Gasteiger partial charge in [0.25, 0.3) is 0 Å². The first-order chi connectivity index (χ1) is 10.5. The third kappa shape index (κ3) is 4.34.